The van der Waals surface area contributed by atoms with Gasteiger partial charge in [0.15, 0.2) is 23.7 Å². The van der Waals surface area contributed by atoms with E-state index in [1.54, 1.807) is 6.07 Å². The highest BCUT2D eigenvalue weighted by molar-refractivity contribution is 5.95. The summed E-state index contributed by atoms with van der Waals surface area (Å²) in [6.45, 7) is 7.08. The standard InChI is InChI=1S/C33H30O7/c1-4-31(34)39-29(23-14-8-6-9-15-23)21-37-27-20-28(36-3)33(26-19-13-12-18-25(26)27)38-22-30(40-32(35)5-2)24-16-10-7-11-17-24/h4-20,29-30H,1-2,21-22H2,3H3. The third-order valence-corrected chi connectivity index (χ3v) is 6.11. The van der Waals surface area contributed by atoms with Gasteiger partial charge in [-0.1, -0.05) is 98.1 Å². The molecular weight excluding hydrogens is 508 g/mol. The number of hydrogen-bond acceptors (Lipinski definition) is 7. The van der Waals surface area contributed by atoms with E-state index < -0.39 is 24.1 Å². The first kappa shape index (κ1) is 28.0. The Bertz CT molecular complexity index is 1460. The van der Waals surface area contributed by atoms with Crippen molar-refractivity contribution in [1.29, 1.82) is 0 Å². The van der Waals surface area contributed by atoms with Gasteiger partial charge in [0.2, 0.25) is 0 Å². The zero-order chi connectivity index (χ0) is 28.3. The van der Waals surface area contributed by atoms with Crippen LogP contribution in [0.4, 0.5) is 0 Å². The number of carbonyl (C=O) groups is 2. The highest BCUT2D eigenvalue weighted by atomic mass is 16.6. The molecule has 40 heavy (non-hydrogen) atoms. The van der Waals surface area contributed by atoms with Gasteiger partial charge in [0.25, 0.3) is 0 Å². The molecule has 0 radical (unpaired) electrons. The average molecular weight is 539 g/mol. The molecule has 2 unspecified atom stereocenters. The highest BCUT2D eigenvalue weighted by Crippen LogP contribution is 2.42. The van der Waals surface area contributed by atoms with Gasteiger partial charge in [-0.2, -0.15) is 0 Å². The molecule has 4 aromatic rings. The molecular formula is C33H30O7. The summed E-state index contributed by atoms with van der Waals surface area (Å²) in [6, 6.07) is 27.9. The fourth-order valence-electron chi connectivity index (χ4n) is 4.14. The van der Waals surface area contributed by atoms with E-state index in [1.807, 2.05) is 84.9 Å². The van der Waals surface area contributed by atoms with Gasteiger partial charge < -0.3 is 23.7 Å². The lowest BCUT2D eigenvalue weighted by Gasteiger charge is -2.22. The number of fused-ring (bicyclic) bond motifs is 1. The molecule has 204 valence electrons. The Kier molecular flexibility index (Phi) is 9.56. The molecule has 7 heteroatoms. The topological polar surface area (TPSA) is 80.3 Å². The maximum atomic E-state index is 12.0. The molecule has 0 saturated carbocycles. The fraction of sp³-hybridized carbons (Fsp3) is 0.152. The molecule has 0 aliphatic rings. The van der Waals surface area contributed by atoms with Crippen molar-refractivity contribution in [3.8, 4) is 17.2 Å². The maximum absolute atomic E-state index is 12.0. The van der Waals surface area contributed by atoms with Crippen LogP contribution >= 0.6 is 0 Å². The monoisotopic (exact) mass is 538 g/mol. The Morgan fingerprint density at radius 1 is 0.675 bits per heavy atom. The predicted octanol–water partition coefficient (Wildman–Crippen LogP) is 6.55. The second-order valence-corrected chi connectivity index (χ2v) is 8.65. The number of hydrogen-bond donors (Lipinski definition) is 0. The summed E-state index contributed by atoms with van der Waals surface area (Å²) in [5.41, 5.74) is 1.57. The fourth-order valence-corrected chi connectivity index (χ4v) is 4.14. The molecule has 0 amide bonds. The normalized spacial score (nSPS) is 12.0. The van der Waals surface area contributed by atoms with Gasteiger partial charge in [0.05, 0.1) is 7.11 Å². The van der Waals surface area contributed by atoms with Crippen LogP contribution in [0.25, 0.3) is 10.8 Å². The van der Waals surface area contributed by atoms with Gasteiger partial charge in [-0.05, 0) is 11.1 Å². The lowest BCUT2D eigenvalue weighted by molar-refractivity contribution is -0.145. The van der Waals surface area contributed by atoms with Crippen LogP contribution in [0.1, 0.15) is 23.3 Å². The van der Waals surface area contributed by atoms with Crippen LogP contribution in [0.15, 0.2) is 116 Å². The third-order valence-electron chi connectivity index (χ3n) is 6.11. The molecule has 7 nitrogen and oxygen atoms in total. The van der Waals surface area contributed by atoms with Crippen LogP contribution in [0.2, 0.25) is 0 Å². The van der Waals surface area contributed by atoms with E-state index in [4.69, 9.17) is 23.7 Å². The van der Waals surface area contributed by atoms with Crippen molar-refractivity contribution in [2.24, 2.45) is 0 Å². The molecule has 0 saturated heterocycles. The second kappa shape index (κ2) is 13.7. The molecule has 0 aromatic heterocycles. The SMILES string of the molecule is C=CC(=O)OC(COc1cc(OC)c(OCC(OC(=O)C=C)c2ccccc2)c2ccccc12)c1ccccc1. The van der Waals surface area contributed by atoms with E-state index >= 15 is 0 Å². The summed E-state index contributed by atoms with van der Waals surface area (Å²) in [5.74, 6) is 0.318. The first-order valence-electron chi connectivity index (χ1n) is 12.6. The highest BCUT2D eigenvalue weighted by Gasteiger charge is 2.22. The largest absolute Gasteiger partial charge is 0.493 e. The van der Waals surface area contributed by atoms with Crippen molar-refractivity contribution >= 4 is 22.7 Å². The smallest absolute Gasteiger partial charge is 0.330 e. The molecule has 0 bridgehead atoms. The summed E-state index contributed by atoms with van der Waals surface area (Å²) in [4.78, 5) is 24.0. The molecule has 0 N–H and O–H groups in total. The van der Waals surface area contributed by atoms with Crippen molar-refractivity contribution in [3.05, 3.63) is 127 Å². The van der Waals surface area contributed by atoms with Crippen LogP contribution in [0, 0.1) is 0 Å². The van der Waals surface area contributed by atoms with Gasteiger partial charge in [0.1, 0.15) is 19.0 Å². The van der Waals surface area contributed by atoms with Crippen molar-refractivity contribution in [3.63, 3.8) is 0 Å². The molecule has 0 heterocycles. The van der Waals surface area contributed by atoms with E-state index in [1.165, 1.54) is 7.11 Å². The quantitative estimate of drug-likeness (QED) is 0.141. The van der Waals surface area contributed by atoms with Gasteiger partial charge in [0, 0.05) is 29.0 Å². The number of methoxy groups -OCH3 is 1. The van der Waals surface area contributed by atoms with Crippen molar-refractivity contribution < 1.29 is 33.3 Å². The summed E-state index contributed by atoms with van der Waals surface area (Å²) in [6.07, 6.45) is 0.915. The average Bonchev–Trinajstić information content (AvgIpc) is 3.01. The van der Waals surface area contributed by atoms with Crippen molar-refractivity contribution in [1.82, 2.24) is 0 Å². The summed E-state index contributed by atoms with van der Waals surface area (Å²) in [5, 5.41) is 1.50. The number of rotatable bonds is 13. The van der Waals surface area contributed by atoms with Crippen LogP contribution in [-0.2, 0) is 19.1 Å². The molecule has 2 atom stereocenters. The Hall–Kier alpha value is -5.04. The first-order valence-corrected chi connectivity index (χ1v) is 12.6. The number of benzene rings is 4. The molecule has 0 fully saturated rings. The summed E-state index contributed by atoms with van der Waals surface area (Å²) < 4.78 is 29.3. The molecule has 0 aliphatic carbocycles. The van der Waals surface area contributed by atoms with Crippen LogP contribution in [0.5, 0.6) is 17.2 Å². The summed E-state index contributed by atoms with van der Waals surface area (Å²) in [7, 11) is 1.53. The van der Waals surface area contributed by atoms with Gasteiger partial charge in [-0.3, -0.25) is 0 Å². The Morgan fingerprint density at radius 3 is 1.65 bits per heavy atom. The minimum absolute atomic E-state index is 0.0394. The zero-order valence-electron chi connectivity index (χ0n) is 22.2. The minimum atomic E-state index is -0.669. The van der Waals surface area contributed by atoms with E-state index in [2.05, 4.69) is 13.2 Å². The summed E-state index contributed by atoms with van der Waals surface area (Å²) >= 11 is 0. The molecule has 4 rings (SSSR count). The number of carbonyl (C=O) groups excluding carboxylic acids is 2. The van der Waals surface area contributed by atoms with Crippen molar-refractivity contribution in [2.75, 3.05) is 20.3 Å². The maximum Gasteiger partial charge on any atom is 0.330 e. The van der Waals surface area contributed by atoms with Gasteiger partial charge in [-0.25, -0.2) is 9.59 Å². The Labute approximate surface area is 233 Å². The molecule has 4 aromatic carbocycles. The van der Waals surface area contributed by atoms with Crippen LogP contribution in [0.3, 0.4) is 0 Å². The number of esters is 2. The van der Waals surface area contributed by atoms with E-state index in [0.717, 1.165) is 34.1 Å². The Balaban J connectivity index is 1.63. The van der Waals surface area contributed by atoms with Gasteiger partial charge >= 0.3 is 11.9 Å². The lowest BCUT2D eigenvalue weighted by Crippen LogP contribution is -2.18. The van der Waals surface area contributed by atoms with Crippen LogP contribution in [-0.4, -0.2) is 32.3 Å². The Morgan fingerprint density at radius 2 is 1.15 bits per heavy atom. The van der Waals surface area contributed by atoms with Crippen molar-refractivity contribution in [2.45, 2.75) is 12.2 Å². The number of ether oxygens (including phenoxy) is 5. The van der Waals surface area contributed by atoms with Gasteiger partial charge in [-0.15, -0.1) is 0 Å². The lowest BCUT2D eigenvalue weighted by atomic mass is 10.1. The first-order chi connectivity index (χ1) is 19.5. The predicted molar refractivity (Wildman–Crippen MR) is 152 cm³/mol. The van der Waals surface area contributed by atoms with E-state index in [-0.39, 0.29) is 13.2 Å². The van der Waals surface area contributed by atoms with E-state index in [0.29, 0.717) is 17.2 Å². The van der Waals surface area contributed by atoms with Crippen LogP contribution < -0.4 is 14.2 Å². The second-order valence-electron chi connectivity index (χ2n) is 8.65. The zero-order valence-corrected chi connectivity index (χ0v) is 22.2. The minimum Gasteiger partial charge on any atom is -0.493 e. The molecule has 0 spiro atoms. The third kappa shape index (κ3) is 6.88. The molecule has 0 aliphatic heterocycles. The van der Waals surface area contributed by atoms with E-state index in [9.17, 15) is 9.59 Å².